The highest BCUT2D eigenvalue weighted by molar-refractivity contribution is 5.85. The maximum atomic E-state index is 8.71. The predicted octanol–water partition coefficient (Wildman–Crippen LogP) is 1.36. The van der Waals surface area contributed by atoms with E-state index in [9.17, 15) is 0 Å². The molecule has 0 radical (unpaired) electrons. The van der Waals surface area contributed by atoms with Crippen molar-refractivity contribution in [2.45, 2.75) is 0 Å². The van der Waals surface area contributed by atoms with Gasteiger partial charge in [-0.25, -0.2) is 0 Å². The number of hydrogen-bond acceptors (Lipinski definition) is 4. The number of nitrogens with two attached hydrogens (primary N) is 1. The Balaban J connectivity index is 0. The number of aromatic hydroxyl groups is 3. The average molecular weight is 220 g/mol. The standard InChI is InChI=1S/C6H6O3.C3H7N.ClH/c7-4-2-1-3-5(8)6(4)9;1-2-3-4;/h1-3,7-9H;2H,1,3-4H2;1H. The summed E-state index contributed by atoms with van der Waals surface area (Å²) in [6.07, 6.45) is 1.65. The number of halogens is 1. The van der Waals surface area contributed by atoms with Crippen LogP contribution in [0.3, 0.4) is 0 Å². The van der Waals surface area contributed by atoms with Gasteiger partial charge in [0.25, 0.3) is 0 Å². The van der Waals surface area contributed by atoms with Crippen LogP contribution in [-0.4, -0.2) is 21.9 Å². The molecule has 5 N–H and O–H groups in total. The van der Waals surface area contributed by atoms with Crippen LogP contribution in [0.1, 0.15) is 0 Å². The molecule has 0 fully saturated rings. The van der Waals surface area contributed by atoms with E-state index in [2.05, 4.69) is 6.58 Å². The normalized spacial score (nSPS) is 7.79. The van der Waals surface area contributed by atoms with Crippen molar-refractivity contribution in [2.24, 2.45) is 5.73 Å². The van der Waals surface area contributed by atoms with E-state index in [0.29, 0.717) is 6.54 Å². The Hall–Kier alpha value is -1.39. The number of rotatable bonds is 1. The number of phenols is 3. The Labute approximate surface area is 88.7 Å². The molecule has 1 aromatic rings. The van der Waals surface area contributed by atoms with E-state index in [0.717, 1.165) is 0 Å². The van der Waals surface area contributed by atoms with Gasteiger partial charge in [-0.2, -0.15) is 0 Å². The van der Waals surface area contributed by atoms with Crippen molar-refractivity contribution in [3.05, 3.63) is 30.9 Å². The molecular formula is C9H14ClNO3. The van der Waals surface area contributed by atoms with E-state index >= 15 is 0 Å². The van der Waals surface area contributed by atoms with Gasteiger partial charge in [0.15, 0.2) is 17.2 Å². The van der Waals surface area contributed by atoms with Crippen molar-refractivity contribution in [3.63, 3.8) is 0 Å². The van der Waals surface area contributed by atoms with Gasteiger partial charge in [-0.05, 0) is 12.1 Å². The smallest absolute Gasteiger partial charge is 0.200 e. The predicted molar refractivity (Wildman–Crippen MR) is 57.9 cm³/mol. The van der Waals surface area contributed by atoms with Gasteiger partial charge in [0.2, 0.25) is 0 Å². The molecule has 5 heteroatoms. The molecule has 14 heavy (non-hydrogen) atoms. The fourth-order valence-electron chi connectivity index (χ4n) is 0.519. The highest BCUT2D eigenvalue weighted by Gasteiger charge is 2.00. The second-order valence-electron chi connectivity index (χ2n) is 2.17. The van der Waals surface area contributed by atoms with Crippen LogP contribution >= 0.6 is 12.4 Å². The SMILES string of the molecule is C=CCN.Cl.Oc1cccc(O)c1O. The fourth-order valence-corrected chi connectivity index (χ4v) is 0.519. The third-order valence-electron chi connectivity index (χ3n) is 1.16. The van der Waals surface area contributed by atoms with Gasteiger partial charge in [0.05, 0.1) is 0 Å². The van der Waals surface area contributed by atoms with E-state index in [4.69, 9.17) is 21.1 Å². The van der Waals surface area contributed by atoms with Gasteiger partial charge in [-0.15, -0.1) is 19.0 Å². The lowest BCUT2D eigenvalue weighted by Gasteiger charge is -1.96. The van der Waals surface area contributed by atoms with Crippen LogP contribution < -0.4 is 5.73 Å². The van der Waals surface area contributed by atoms with E-state index in [1.54, 1.807) is 6.08 Å². The molecule has 0 amide bonds. The van der Waals surface area contributed by atoms with E-state index in [1.165, 1.54) is 18.2 Å². The van der Waals surface area contributed by atoms with E-state index in [-0.39, 0.29) is 23.9 Å². The first-order valence-electron chi connectivity index (χ1n) is 3.64. The summed E-state index contributed by atoms with van der Waals surface area (Å²) in [7, 11) is 0. The first-order valence-corrected chi connectivity index (χ1v) is 3.64. The first-order chi connectivity index (χ1) is 6.13. The number of hydrogen-bond donors (Lipinski definition) is 4. The maximum Gasteiger partial charge on any atom is 0.200 e. The van der Waals surface area contributed by atoms with Gasteiger partial charge in [0.1, 0.15) is 0 Å². The van der Waals surface area contributed by atoms with Crippen molar-refractivity contribution >= 4 is 12.4 Å². The van der Waals surface area contributed by atoms with Crippen molar-refractivity contribution in [2.75, 3.05) is 6.54 Å². The third kappa shape index (κ3) is 5.29. The van der Waals surface area contributed by atoms with Crippen LogP contribution in [0.2, 0.25) is 0 Å². The Kier molecular flexibility index (Phi) is 8.86. The molecule has 0 aliphatic heterocycles. The Morgan fingerprint density at radius 3 is 1.79 bits per heavy atom. The lowest BCUT2D eigenvalue weighted by Crippen LogP contribution is -1.90. The van der Waals surface area contributed by atoms with Gasteiger partial charge in [-0.3, -0.25) is 0 Å². The fraction of sp³-hybridized carbons (Fsp3) is 0.111. The molecule has 0 unspecified atom stereocenters. The molecular weight excluding hydrogens is 206 g/mol. The Bertz CT molecular complexity index is 259. The molecule has 0 bridgehead atoms. The zero-order chi connectivity index (χ0) is 10.3. The van der Waals surface area contributed by atoms with Gasteiger partial charge >= 0.3 is 0 Å². The molecule has 0 spiro atoms. The molecule has 0 aromatic heterocycles. The van der Waals surface area contributed by atoms with Gasteiger partial charge in [-0.1, -0.05) is 12.1 Å². The molecule has 0 aliphatic rings. The van der Waals surface area contributed by atoms with Crippen LogP contribution in [0.4, 0.5) is 0 Å². The number of benzene rings is 1. The minimum Gasteiger partial charge on any atom is -0.504 e. The molecule has 0 saturated carbocycles. The van der Waals surface area contributed by atoms with Crippen molar-refractivity contribution < 1.29 is 15.3 Å². The molecule has 0 atom stereocenters. The highest BCUT2D eigenvalue weighted by Crippen LogP contribution is 2.32. The lowest BCUT2D eigenvalue weighted by molar-refractivity contribution is 0.368. The molecule has 80 valence electrons. The zero-order valence-corrected chi connectivity index (χ0v) is 8.37. The zero-order valence-electron chi connectivity index (χ0n) is 7.55. The highest BCUT2D eigenvalue weighted by atomic mass is 35.5. The molecule has 0 aliphatic carbocycles. The largest absolute Gasteiger partial charge is 0.504 e. The monoisotopic (exact) mass is 219 g/mol. The van der Waals surface area contributed by atoms with Crippen LogP contribution in [0, 0.1) is 0 Å². The Morgan fingerprint density at radius 1 is 1.21 bits per heavy atom. The summed E-state index contributed by atoms with van der Waals surface area (Å²) < 4.78 is 0. The van der Waals surface area contributed by atoms with Gasteiger partial charge in [0, 0.05) is 6.54 Å². The topological polar surface area (TPSA) is 86.7 Å². The minimum absolute atomic E-state index is 0. The summed E-state index contributed by atoms with van der Waals surface area (Å²) in [5.74, 6) is -1.09. The number of para-hydroxylation sites is 1. The number of phenolic OH excluding ortho intramolecular Hbond substituents is 3. The van der Waals surface area contributed by atoms with Crippen LogP contribution in [0.5, 0.6) is 17.2 Å². The van der Waals surface area contributed by atoms with Crippen LogP contribution in [0.25, 0.3) is 0 Å². The molecule has 4 nitrogen and oxygen atoms in total. The Morgan fingerprint density at radius 2 is 1.57 bits per heavy atom. The van der Waals surface area contributed by atoms with Crippen LogP contribution in [0.15, 0.2) is 30.9 Å². The van der Waals surface area contributed by atoms with Crippen molar-refractivity contribution in [1.82, 2.24) is 0 Å². The van der Waals surface area contributed by atoms with Crippen LogP contribution in [-0.2, 0) is 0 Å². The lowest BCUT2D eigenvalue weighted by atomic mass is 10.3. The van der Waals surface area contributed by atoms with Crippen molar-refractivity contribution in [3.8, 4) is 17.2 Å². The second kappa shape index (κ2) is 8.22. The molecule has 0 saturated heterocycles. The summed E-state index contributed by atoms with van der Waals surface area (Å²) in [6, 6.07) is 4.01. The van der Waals surface area contributed by atoms with Crippen molar-refractivity contribution in [1.29, 1.82) is 0 Å². The maximum absolute atomic E-state index is 8.71. The summed E-state index contributed by atoms with van der Waals surface area (Å²) in [4.78, 5) is 0. The summed E-state index contributed by atoms with van der Waals surface area (Å²) in [5.41, 5.74) is 4.91. The molecule has 1 aromatic carbocycles. The minimum atomic E-state index is -0.475. The van der Waals surface area contributed by atoms with E-state index in [1.807, 2.05) is 0 Å². The molecule has 1 rings (SSSR count). The third-order valence-corrected chi connectivity index (χ3v) is 1.16. The average Bonchev–Trinajstić information content (AvgIpc) is 2.14. The quantitative estimate of drug-likeness (QED) is 0.424. The summed E-state index contributed by atoms with van der Waals surface area (Å²) in [6.45, 7) is 3.94. The first kappa shape index (κ1) is 15.1. The molecule has 0 heterocycles. The van der Waals surface area contributed by atoms with E-state index < -0.39 is 5.75 Å². The van der Waals surface area contributed by atoms with Gasteiger partial charge < -0.3 is 21.1 Å². The second-order valence-corrected chi connectivity index (χ2v) is 2.17. The summed E-state index contributed by atoms with van der Waals surface area (Å²) >= 11 is 0. The summed E-state index contributed by atoms with van der Waals surface area (Å²) in [5, 5.41) is 26.1.